The van der Waals surface area contributed by atoms with Gasteiger partial charge in [0.05, 0.1) is 6.54 Å². The smallest absolute Gasteiger partial charge is 0.251 e. The van der Waals surface area contributed by atoms with E-state index in [4.69, 9.17) is 0 Å². The maximum absolute atomic E-state index is 12.7. The molecule has 0 radical (unpaired) electrons. The predicted octanol–water partition coefficient (Wildman–Crippen LogP) is 1.86. The van der Waals surface area contributed by atoms with Gasteiger partial charge in [-0.2, -0.15) is 0 Å². The molecule has 20 heavy (non-hydrogen) atoms. The Labute approximate surface area is 117 Å². The maximum Gasteiger partial charge on any atom is 0.251 e. The topological polar surface area (TPSA) is 58.2 Å². The van der Waals surface area contributed by atoms with Crippen LogP contribution in [0.25, 0.3) is 0 Å². The molecular formula is C15H19FN2O2. The van der Waals surface area contributed by atoms with Crippen LogP contribution in [-0.4, -0.2) is 24.9 Å². The van der Waals surface area contributed by atoms with Gasteiger partial charge in [-0.05, 0) is 43.0 Å². The molecule has 1 aromatic carbocycles. The van der Waals surface area contributed by atoms with Crippen LogP contribution in [0.3, 0.4) is 0 Å². The molecule has 2 N–H and O–H groups in total. The second-order valence-corrected chi connectivity index (χ2v) is 5.14. The molecule has 0 aliphatic heterocycles. The van der Waals surface area contributed by atoms with Crippen molar-refractivity contribution in [3.8, 4) is 0 Å². The van der Waals surface area contributed by atoms with E-state index in [-0.39, 0.29) is 18.4 Å². The van der Waals surface area contributed by atoms with Crippen molar-refractivity contribution in [2.45, 2.75) is 25.7 Å². The minimum Gasteiger partial charge on any atom is -0.354 e. The second-order valence-electron chi connectivity index (χ2n) is 5.14. The number of halogens is 1. The molecule has 0 atom stereocenters. The third kappa shape index (κ3) is 4.33. The Morgan fingerprint density at radius 3 is 2.40 bits per heavy atom. The summed E-state index contributed by atoms with van der Waals surface area (Å²) < 4.78 is 12.7. The van der Waals surface area contributed by atoms with Gasteiger partial charge in [0.2, 0.25) is 5.91 Å². The highest BCUT2D eigenvalue weighted by Gasteiger charge is 2.15. The minimum atomic E-state index is -0.393. The van der Waals surface area contributed by atoms with Crippen LogP contribution in [0, 0.1) is 11.7 Å². The Kier molecular flexibility index (Phi) is 5.09. The Morgan fingerprint density at radius 1 is 1.10 bits per heavy atom. The summed E-state index contributed by atoms with van der Waals surface area (Å²) in [4.78, 5) is 23.3. The van der Waals surface area contributed by atoms with Crippen LogP contribution in [-0.2, 0) is 4.79 Å². The first kappa shape index (κ1) is 14.5. The summed E-state index contributed by atoms with van der Waals surface area (Å²) in [5.74, 6) is -0.379. The van der Waals surface area contributed by atoms with Gasteiger partial charge in [0, 0.05) is 12.1 Å². The lowest BCUT2D eigenvalue weighted by Gasteiger charge is -2.11. The number of hydrogen-bond acceptors (Lipinski definition) is 2. The number of nitrogens with one attached hydrogen (secondary N) is 2. The molecule has 0 unspecified atom stereocenters. The summed E-state index contributed by atoms with van der Waals surface area (Å²) in [7, 11) is 0. The molecule has 2 rings (SSSR count). The van der Waals surface area contributed by atoms with E-state index in [1.54, 1.807) is 0 Å². The summed E-state index contributed by atoms with van der Waals surface area (Å²) in [6.07, 6.45) is 4.81. The van der Waals surface area contributed by atoms with Gasteiger partial charge in [-0.1, -0.05) is 12.8 Å². The maximum atomic E-state index is 12.7. The van der Waals surface area contributed by atoms with Crippen LogP contribution in [0.5, 0.6) is 0 Å². The molecule has 0 heterocycles. The molecule has 1 fully saturated rings. The van der Waals surface area contributed by atoms with Crippen LogP contribution in [0.1, 0.15) is 36.0 Å². The highest BCUT2D eigenvalue weighted by Crippen LogP contribution is 2.23. The van der Waals surface area contributed by atoms with Crippen LogP contribution < -0.4 is 10.6 Å². The number of carbonyl (C=O) groups excluding carboxylic acids is 2. The van der Waals surface area contributed by atoms with Crippen LogP contribution >= 0.6 is 0 Å². The van der Waals surface area contributed by atoms with Crippen molar-refractivity contribution in [1.82, 2.24) is 10.6 Å². The van der Waals surface area contributed by atoms with Crippen molar-refractivity contribution in [2.24, 2.45) is 5.92 Å². The van der Waals surface area contributed by atoms with Gasteiger partial charge < -0.3 is 10.6 Å². The molecule has 5 heteroatoms. The molecule has 1 aliphatic rings. The number of amides is 2. The van der Waals surface area contributed by atoms with E-state index in [0.717, 1.165) is 0 Å². The quantitative estimate of drug-likeness (QED) is 0.863. The highest BCUT2D eigenvalue weighted by molar-refractivity contribution is 5.96. The summed E-state index contributed by atoms with van der Waals surface area (Å²) in [5, 5.41) is 5.35. The van der Waals surface area contributed by atoms with Crippen LogP contribution in [0.2, 0.25) is 0 Å². The van der Waals surface area contributed by atoms with Gasteiger partial charge in [0.25, 0.3) is 5.91 Å². The fourth-order valence-corrected chi connectivity index (χ4v) is 2.40. The summed E-state index contributed by atoms with van der Waals surface area (Å²) >= 11 is 0. The SMILES string of the molecule is O=C(CNC(=O)c1ccc(F)cc1)NCC1CCCC1. The first-order valence-electron chi connectivity index (χ1n) is 6.95. The molecular weight excluding hydrogens is 259 g/mol. The third-order valence-corrected chi connectivity index (χ3v) is 3.58. The van der Waals surface area contributed by atoms with E-state index in [2.05, 4.69) is 10.6 Å². The average Bonchev–Trinajstić information content (AvgIpc) is 2.96. The monoisotopic (exact) mass is 278 g/mol. The van der Waals surface area contributed by atoms with Gasteiger partial charge in [-0.15, -0.1) is 0 Å². The van der Waals surface area contributed by atoms with E-state index in [0.29, 0.717) is 18.0 Å². The largest absolute Gasteiger partial charge is 0.354 e. The van der Waals surface area contributed by atoms with Crippen molar-refractivity contribution in [3.05, 3.63) is 35.6 Å². The molecule has 1 saturated carbocycles. The first-order chi connectivity index (χ1) is 9.65. The van der Waals surface area contributed by atoms with Gasteiger partial charge in [0.15, 0.2) is 0 Å². The van der Waals surface area contributed by atoms with Gasteiger partial charge in [0.1, 0.15) is 5.82 Å². The summed E-state index contributed by atoms with van der Waals surface area (Å²) in [5.41, 5.74) is 0.343. The number of rotatable bonds is 5. The zero-order chi connectivity index (χ0) is 14.4. The van der Waals surface area contributed by atoms with E-state index in [1.165, 1.54) is 49.9 Å². The fourth-order valence-electron chi connectivity index (χ4n) is 2.40. The predicted molar refractivity (Wildman–Crippen MR) is 73.7 cm³/mol. The molecule has 0 bridgehead atoms. The van der Waals surface area contributed by atoms with Gasteiger partial charge in [-0.3, -0.25) is 9.59 Å². The molecule has 1 aromatic rings. The van der Waals surface area contributed by atoms with Crippen molar-refractivity contribution in [3.63, 3.8) is 0 Å². The Hall–Kier alpha value is -1.91. The molecule has 2 amide bonds. The molecule has 0 aromatic heterocycles. The summed E-state index contributed by atoms with van der Waals surface area (Å²) in [6.45, 7) is 0.633. The van der Waals surface area contributed by atoms with Crippen LogP contribution in [0.4, 0.5) is 4.39 Å². The minimum absolute atomic E-state index is 0.0526. The standard InChI is InChI=1S/C15H19FN2O2/c16-13-7-5-12(6-8-13)15(20)18-10-14(19)17-9-11-3-1-2-4-11/h5-8,11H,1-4,9-10H2,(H,17,19)(H,18,20). The number of carbonyl (C=O) groups is 2. The number of benzene rings is 1. The molecule has 0 saturated heterocycles. The van der Waals surface area contributed by atoms with Crippen molar-refractivity contribution >= 4 is 11.8 Å². The van der Waals surface area contributed by atoms with E-state index in [9.17, 15) is 14.0 Å². The van der Waals surface area contributed by atoms with Crippen molar-refractivity contribution < 1.29 is 14.0 Å². The average molecular weight is 278 g/mol. The molecule has 0 spiro atoms. The Balaban J connectivity index is 1.69. The Morgan fingerprint density at radius 2 is 1.75 bits per heavy atom. The normalized spacial score (nSPS) is 15.1. The first-order valence-corrected chi connectivity index (χ1v) is 6.95. The zero-order valence-corrected chi connectivity index (χ0v) is 11.3. The Bertz CT molecular complexity index is 467. The third-order valence-electron chi connectivity index (χ3n) is 3.58. The zero-order valence-electron chi connectivity index (χ0n) is 11.3. The lowest BCUT2D eigenvalue weighted by Crippen LogP contribution is -2.38. The van der Waals surface area contributed by atoms with E-state index < -0.39 is 5.82 Å². The van der Waals surface area contributed by atoms with Crippen molar-refractivity contribution in [2.75, 3.05) is 13.1 Å². The molecule has 1 aliphatic carbocycles. The second kappa shape index (κ2) is 7.03. The van der Waals surface area contributed by atoms with E-state index >= 15 is 0 Å². The van der Waals surface area contributed by atoms with E-state index in [1.807, 2.05) is 0 Å². The van der Waals surface area contributed by atoms with Crippen LogP contribution in [0.15, 0.2) is 24.3 Å². The highest BCUT2D eigenvalue weighted by atomic mass is 19.1. The lowest BCUT2D eigenvalue weighted by atomic mass is 10.1. The molecule has 108 valence electrons. The fraction of sp³-hybridized carbons (Fsp3) is 0.467. The van der Waals surface area contributed by atoms with Gasteiger partial charge in [-0.25, -0.2) is 4.39 Å². The van der Waals surface area contributed by atoms with Gasteiger partial charge >= 0.3 is 0 Å². The molecule has 4 nitrogen and oxygen atoms in total. The summed E-state index contributed by atoms with van der Waals surface area (Å²) in [6, 6.07) is 5.21. The van der Waals surface area contributed by atoms with Crippen molar-refractivity contribution in [1.29, 1.82) is 0 Å². The number of hydrogen-bond donors (Lipinski definition) is 2. The lowest BCUT2D eigenvalue weighted by molar-refractivity contribution is -0.120.